The summed E-state index contributed by atoms with van der Waals surface area (Å²) in [4.78, 5) is 4.10. The molecule has 2 heteroatoms. The molecule has 2 aromatic rings. The Morgan fingerprint density at radius 1 is 1.40 bits per heavy atom. The molecule has 0 fully saturated rings. The summed E-state index contributed by atoms with van der Waals surface area (Å²) < 4.78 is 13.5. The minimum Gasteiger partial charge on any atom is -0.264 e. The van der Waals surface area contributed by atoms with Gasteiger partial charge in [0.25, 0.3) is 0 Å². The van der Waals surface area contributed by atoms with Crippen molar-refractivity contribution in [3.8, 4) is 12.3 Å². The summed E-state index contributed by atoms with van der Waals surface area (Å²) >= 11 is 0. The molecule has 0 N–H and O–H groups in total. The Hall–Kier alpha value is -1.88. The number of nitrogens with zero attached hydrogens (tertiary/aromatic N) is 1. The smallest absolute Gasteiger partial charge is 0.139 e. The maximum Gasteiger partial charge on any atom is 0.139 e. The van der Waals surface area contributed by atoms with Crippen LogP contribution in [0.3, 0.4) is 0 Å². The largest absolute Gasteiger partial charge is 0.264 e. The number of pyridine rings is 1. The van der Waals surface area contributed by atoms with E-state index in [9.17, 15) is 4.39 Å². The van der Waals surface area contributed by atoms with Gasteiger partial charge in [0, 0.05) is 23.2 Å². The molecule has 0 saturated heterocycles. The average Bonchev–Trinajstić information content (AvgIpc) is 2.28. The molecule has 0 atom stereocenters. The summed E-state index contributed by atoms with van der Waals surface area (Å²) in [5, 5.41) is 1.71. The van der Waals surface area contributed by atoms with Gasteiger partial charge in [0.2, 0.25) is 0 Å². The quantitative estimate of drug-likeness (QED) is 0.643. The van der Waals surface area contributed by atoms with E-state index in [-0.39, 0.29) is 5.82 Å². The summed E-state index contributed by atoms with van der Waals surface area (Å²) in [6, 6.07) is 3.09. The molecular weight excluding hydrogens is 189 g/mol. The molecule has 2 rings (SSSR count). The number of rotatable bonds is 1. The van der Waals surface area contributed by atoms with Crippen molar-refractivity contribution in [2.24, 2.45) is 0 Å². The van der Waals surface area contributed by atoms with Crippen LogP contribution in [0, 0.1) is 18.2 Å². The van der Waals surface area contributed by atoms with Crippen LogP contribution in [0.4, 0.5) is 4.39 Å². The molecule has 0 saturated carbocycles. The van der Waals surface area contributed by atoms with Gasteiger partial charge in [-0.25, -0.2) is 4.39 Å². The Morgan fingerprint density at radius 2 is 2.20 bits per heavy atom. The first-order valence-electron chi connectivity index (χ1n) is 4.79. The van der Waals surface area contributed by atoms with Crippen LogP contribution >= 0.6 is 0 Å². The molecule has 1 heterocycles. The molecule has 1 nitrogen and oxygen atoms in total. The van der Waals surface area contributed by atoms with Gasteiger partial charge in [-0.15, -0.1) is 6.42 Å². The van der Waals surface area contributed by atoms with Crippen molar-refractivity contribution in [1.82, 2.24) is 4.98 Å². The Kier molecular flexibility index (Phi) is 2.39. The zero-order valence-electron chi connectivity index (χ0n) is 8.42. The molecule has 0 aliphatic heterocycles. The number of benzene rings is 1. The lowest BCUT2D eigenvalue weighted by Gasteiger charge is -2.06. The molecule has 0 bridgehead atoms. The van der Waals surface area contributed by atoms with Crippen LogP contribution in [0.25, 0.3) is 10.8 Å². The van der Waals surface area contributed by atoms with Crippen molar-refractivity contribution in [3.63, 3.8) is 0 Å². The highest BCUT2D eigenvalue weighted by Gasteiger charge is 2.08. The minimum absolute atomic E-state index is 0.340. The Bertz CT molecular complexity index is 552. The molecule has 1 aromatic carbocycles. The fraction of sp³-hybridized carbons (Fsp3) is 0.154. The van der Waals surface area contributed by atoms with Gasteiger partial charge in [0.1, 0.15) is 5.82 Å². The average molecular weight is 199 g/mol. The van der Waals surface area contributed by atoms with Crippen LogP contribution in [-0.2, 0) is 6.42 Å². The highest BCUT2D eigenvalue weighted by Crippen LogP contribution is 2.24. The molecule has 0 radical (unpaired) electrons. The van der Waals surface area contributed by atoms with Crippen molar-refractivity contribution in [2.75, 3.05) is 0 Å². The van der Waals surface area contributed by atoms with Gasteiger partial charge in [-0.1, -0.05) is 12.8 Å². The van der Waals surface area contributed by atoms with Crippen LogP contribution in [0.5, 0.6) is 0 Å². The second kappa shape index (κ2) is 3.70. The molecule has 0 spiro atoms. The second-order valence-corrected chi connectivity index (χ2v) is 3.32. The lowest BCUT2D eigenvalue weighted by molar-refractivity contribution is 0.626. The van der Waals surface area contributed by atoms with Gasteiger partial charge in [-0.05, 0) is 24.1 Å². The van der Waals surface area contributed by atoms with Crippen LogP contribution < -0.4 is 0 Å². The van der Waals surface area contributed by atoms with Crippen molar-refractivity contribution >= 4 is 10.8 Å². The van der Waals surface area contributed by atoms with Gasteiger partial charge >= 0.3 is 0 Å². The first-order chi connectivity index (χ1) is 7.27. The van der Waals surface area contributed by atoms with Crippen molar-refractivity contribution in [2.45, 2.75) is 13.3 Å². The third-order valence-electron chi connectivity index (χ3n) is 2.48. The third kappa shape index (κ3) is 1.46. The van der Waals surface area contributed by atoms with Gasteiger partial charge in [0.05, 0.1) is 5.56 Å². The van der Waals surface area contributed by atoms with E-state index >= 15 is 0 Å². The summed E-state index contributed by atoms with van der Waals surface area (Å²) in [6.45, 7) is 2.00. The first-order valence-corrected chi connectivity index (χ1v) is 4.79. The lowest BCUT2D eigenvalue weighted by Crippen LogP contribution is -1.92. The SMILES string of the molecule is C#Cc1c(F)ccc2cncc(CC)c12. The van der Waals surface area contributed by atoms with Crippen LogP contribution in [0.2, 0.25) is 0 Å². The molecule has 1 aromatic heterocycles. The number of halogens is 1. The van der Waals surface area contributed by atoms with E-state index < -0.39 is 0 Å². The van der Waals surface area contributed by atoms with Crippen LogP contribution in [0.15, 0.2) is 24.5 Å². The maximum atomic E-state index is 13.5. The fourth-order valence-corrected chi connectivity index (χ4v) is 1.73. The molecule has 0 unspecified atom stereocenters. The number of fused-ring (bicyclic) bond motifs is 1. The Labute approximate surface area is 88.0 Å². The number of aromatic nitrogens is 1. The maximum absolute atomic E-state index is 13.5. The summed E-state index contributed by atoms with van der Waals surface area (Å²) in [7, 11) is 0. The molecular formula is C13H10FN. The summed E-state index contributed by atoms with van der Waals surface area (Å²) in [6.07, 6.45) is 9.57. The molecule has 15 heavy (non-hydrogen) atoms. The van der Waals surface area contributed by atoms with Gasteiger partial charge in [-0.3, -0.25) is 4.98 Å². The fourth-order valence-electron chi connectivity index (χ4n) is 1.73. The topological polar surface area (TPSA) is 12.9 Å². The van der Waals surface area contributed by atoms with Crippen LogP contribution in [-0.4, -0.2) is 4.98 Å². The predicted molar refractivity (Wildman–Crippen MR) is 59.0 cm³/mol. The first kappa shape index (κ1) is 9.67. The van der Waals surface area contributed by atoms with Gasteiger partial charge in [0.15, 0.2) is 0 Å². The number of hydrogen-bond acceptors (Lipinski definition) is 1. The zero-order valence-corrected chi connectivity index (χ0v) is 8.42. The lowest BCUT2D eigenvalue weighted by atomic mass is 10.0. The van der Waals surface area contributed by atoms with Gasteiger partial charge in [-0.2, -0.15) is 0 Å². The molecule has 0 aliphatic carbocycles. The normalized spacial score (nSPS) is 10.2. The summed E-state index contributed by atoms with van der Waals surface area (Å²) in [5.41, 5.74) is 1.33. The second-order valence-electron chi connectivity index (χ2n) is 3.32. The minimum atomic E-state index is -0.342. The standard InChI is InChI=1S/C13H10FN/c1-3-9-7-15-8-10-5-6-12(14)11(4-2)13(9)10/h2,5-8H,3H2,1H3. The number of terminal acetylenes is 1. The van der Waals surface area contributed by atoms with E-state index in [4.69, 9.17) is 6.42 Å². The predicted octanol–water partition coefficient (Wildman–Crippen LogP) is 2.92. The molecule has 0 aliphatic rings. The van der Waals surface area contributed by atoms with E-state index in [1.807, 2.05) is 6.92 Å². The van der Waals surface area contributed by atoms with Crippen molar-refractivity contribution in [1.29, 1.82) is 0 Å². The molecule has 0 amide bonds. The van der Waals surface area contributed by atoms with E-state index in [2.05, 4.69) is 10.9 Å². The van der Waals surface area contributed by atoms with Crippen molar-refractivity contribution in [3.05, 3.63) is 41.5 Å². The van der Waals surface area contributed by atoms with Gasteiger partial charge < -0.3 is 0 Å². The third-order valence-corrected chi connectivity index (χ3v) is 2.48. The summed E-state index contributed by atoms with van der Waals surface area (Å²) in [5.74, 6) is 2.07. The number of aryl methyl sites for hydroxylation is 1. The highest BCUT2D eigenvalue weighted by atomic mass is 19.1. The zero-order chi connectivity index (χ0) is 10.8. The Morgan fingerprint density at radius 3 is 2.87 bits per heavy atom. The Balaban J connectivity index is 2.95. The van der Waals surface area contributed by atoms with E-state index in [0.717, 1.165) is 22.8 Å². The van der Waals surface area contributed by atoms with E-state index in [0.29, 0.717) is 5.56 Å². The number of hydrogen-bond donors (Lipinski definition) is 0. The van der Waals surface area contributed by atoms with E-state index in [1.54, 1.807) is 18.5 Å². The monoisotopic (exact) mass is 199 g/mol. The van der Waals surface area contributed by atoms with Crippen molar-refractivity contribution < 1.29 is 4.39 Å². The molecule has 74 valence electrons. The van der Waals surface area contributed by atoms with Crippen LogP contribution in [0.1, 0.15) is 18.1 Å². The highest BCUT2D eigenvalue weighted by molar-refractivity contribution is 5.90. The van der Waals surface area contributed by atoms with E-state index in [1.165, 1.54) is 6.07 Å².